The first-order valence-corrected chi connectivity index (χ1v) is 6.22. The van der Waals surface area contributed by atoms with Gasteiger partial charge in [-0.15, -0.1) is 0 Å². The number of ether oxygens (including phenoxy) is 1. The third kappa shape index (κ3) is 4.22. The molecule has 5 N–H and O–H groups in total. The Kier molecular flexibility index (Phi) is 5.95. The van der Waals surface area contributed by atoms with Crippen molar-refractivity contribution in [2.45, 2.75) is 25.9 Å². The van der Waals surface area contributed by atoms with Crippen LogP contribution in [0.2, 0.25) is 0 Å². The minimum absolute atomic E-state index is 0.366. The van der Waals surface area contributed by atoms with Gasteiger partial charge < -0.3 is 15.8 Å². The Bertz CT molecular complexity index is 459. The molecule has 1 aromatic rings. The lowest BCUT2D eigenvalue weighted by Gasteiger charge is -2.20. The van der Waals surface area contributed by atoms with Gasteiger partial charge in [0.15, 0.2) is 0 Å². The van der Waals surface area contributed by atoms with E-state index in [1.807, 2.05) is 6.92 Å². The van der Waals surface area contributed by atoms with Crippen molar-refractivity contribution >= 4 is 11.8 Å². The summed E-state index contributed by atoms with van der Waals surface area (Å²) in [6.07, 6.45) is 0. The first-order valence-electron chi connectivity index (χ1n) is 6.22. The summed E-state index contributed by atoms with van der Waals surface area (Å²) in [5.74, 6) is -0.570. The fraction of sp³-hybridized carbons (Fsp3) is 0.385. The summed E-state index contributed by atoms with van der Waals surface area (Å²) in [7, 11) is 0. The first-order chi connectivity index (χ1) is 9.49. The van der Waals surface area contributed by atoms with E-state index in [0.29, 0.717) is 17.9 Å². The molecule has 0 aliphatic heterocycles. The van der Waals surface area contributed by atoms with E-state index in [-0.39, 0.29) is 0 Å². The third-order valence-electron chi connectivity index (χ3n) is 2.63. The molecule has 2 amide bonds. The van der Waals surface area contributed by atoms with E-state index >= 15 is 0 Å². The molecular formula is C13H19N3O4. The van der Waals surface area contributed by atoms with Gasteiger partial charge in [-0.05, 0) is 38.1 Å². The van der Waals surface area contributed by atoms with E-state index < -0.39 is 23.9 Å². The first kappa shape index (κ1) is 15.9. The van der Waals surface area contributed by atoms with Crippen LogP contribution < -0.4 is 21.3 Å². The Labute approximate surface area is 117 Å². The number of amides is 2. The van der Waals surface area contributed by atoms with Crippen LogP contribution in [0.5, 0.6) is 5.75 Å². The Morgan fingerprint density at radius 1 is 1.35 bits per heavy atom. The molecule has 0 aliphatic carbocycles. The third-order valence-corrected chi connectivity index (χ3v) is 2.63. The molecule has 0 saturated carbocycles. The standard InChI is InChI=1S/C13H19N3O4/c1-3-20-10-6-4-9(5-7-10)12(17)15-11(8(2)14)13(18)16-19/h4-8,11,19H,3,14H2,1-2H3,(H,15,17)(H,16,18)/t8-,11+/m1/s1. The van der Waals surface area contributed by atoms with E-state index in [0.717, 1.165) is 0 Å². The van der Waals surface area contributed by atoms with Crippen molar-refractivity contribution in [2.75, 3.05) is 6.61 Å². The quantitative estimate of drug-likeness (QED) is 0.434. The fourth-order valence-corrected chi connectivity index (χ4v) is 1.60. The lowest BCUT2D eigenvalue weighted by Crippen LogP contribution is -2.54. The Morgan fingerprint density at radius 3 is 2.40 bits per heavy atom. The molecule has 1 rings (SSSR count). The summed E-state index contributed by atoms with van der Waals surface area (Å²) >= 11 is 0. The van der Waals surface area contributed by atoms with Gasteiger partial charge in [-0.3, -0.25) is 14.8 Å². The summed E-state index contributed by atoms with van der Waals surface area (Å²) < 4.78 is 5.27. The molecule has 1 aromatic carbocycles. The van der Waals surface area contributed by atoms with Crippen LogP contribution in [-0.4, -0.2) is 35.7 Å². The van der Waals surface area contributed by atoms with Crippen LogP contribution in [0.1, 0.15) is 24.2 Å². The normalized spacial score (nSPS) is 13.2. The van der Waals surface area contributed by atoms with Gasteiger partial charge >= 0.3 is 0 Å². The maximum Gasteiger partial charge on any atom is 0.267 e. The summed E-state index contributed by atoms with van der Waals surface area (Å²) in [5.41, 5.74) is 7.44. The number of rotatable bonds is 6. The van der Waals surface area contributed by atoms with E-state index in [4.69, 9.17) is 15.7 Å². The van der Waals surface area contributed by atoms with Crippen molar-refractivity contribution in [3.8, 4) is 5.75 Å². The van der Waals surface area contributed by atoms with E-state index in [2.05, 4.69) is 5.32 Å². The molecule has 0 fully saturated rings. The second-order valence-electron chi connectivity index (χ2n) is 4.24. The van der Waals surface area contributed by atoms with Crippen LogP contribution in [-0.2, 0) is 4.79 Å². The molecule has 2 atom stereocenters. The van der Waals surface area contributed by atoms with Gasteiger partial charge in [0.05, 0.1) is 6.61 Å². The smallest absolute Gasteiger partial charge is 0.267 e. The molecule has 7 heteroatoms. The summed E-state index contributed by atoms with van der Waals surface area (Å²) in [4.78, 5) is 23.4. The van der Waals surface area contributed by atoms with Crippen molar-refractivity contribution in [1.82, 2.24) is 10.8 Å². The van der Waals surface area contributed by atoms with Gasteiger partial charge in [0.25, 0.3) is 11.8 Å². The highest BCUT2D eigenvalue weighted by Gasteiger charge is 2.24. The second kappa shape index (κ2) is 7.46. The molecular weight excluding hydrogens is 262 g/mol. The van der Waals surface area contributed by atoms with Gasteiger partial charge in [0.1, 0.15) is 11.8 Å². The van der Waals surface area contributed by atoms with Crippen LogP contribution in [0, 0.1) is 0 Å². The van der Waals surface area contributed by atoms with Crippen LogP contribution in [0.25, 0.3) is 0 Å². The Morgan fingerprint density at radius 2 is 1.95 bits per heavy atom. The Balaban J connectivity index is 2.76. The number of benzene rings is 1. The van der Waals surface area contributed by atoms with Crippen LogP contribution >= 0.6 is 0 Å². The summed E-state index contributed by atoms with van der Waals surface area (Å²) in [6, 6.07) is 4.81. The van der Waals surface area contributed by atoms with E-state index in [1.54, 1.807) is 31.2 Å². The number of nitrogens with one attached hydrogen (secondary N) is 2. The topological polar surface area (TPSA) is 114 Å². The van der Waals surface area contributed by atoms with Crippen LogP contribution in [0.3, 0.4) is 0 Å². The summed E-state index contributed by atoms with van der Waals surface area (Å²) in [6.45, 7) is 3.95. The fourth-order valence-electron chi connectivity index (χ4n) is 1.60. The average Bonchev–Trinajstić information content (AvgIpc) is 2.44. The number of hydrogen-bond donors (Lipinski definition) is 4. The zero-order valence-corrected chi connectivity index (χ0v) is 11.4. The van der Waals surface area contributed by atoms with Crippen molar-refractivity contribution in [2.24, 2.45) is 5.73 Å². The minimum atomic E-state index is -1.01. The van der Waals surface area contributed by atoms with Crippen molar-refractivity contribution < 1.29 is 19.5 Å². The molecule has 20 heavy (non-hydrogen) atoms. The molecule has 0 bridgehead atoms. The van der Waals surface area contributed by atoms with Crippen molar-refractivity contribution in [3.05, 3.63) is 29.8 Å². The Hall–Kier alpha value is -2.12. The molecule has 0 aliphatic rings. The highest BCUT2D eigenvalue weighted by atomic mass is 16.5. The maximum absolute atomic E-state index is 12.0. The minimum Gasteiger partial charge on any atom is -0.494 e. The zero-order valence-electron chi connectivity index (χ0n) is 11.4. The molecule has 110 valence electrons. The molecule has 0 spiro atoms. The van der Waals surface area contributed by atoms with Gasteiger partial charge in [0, 0.05) is 11.6 Å². The summed E-state index contributed by atoms with van der Waals surface area (Å²) in [5, 5.41) is 11.1. The molecule has 0 unspecified atom stereocenters. The van der Waals surface area contributed by atoms with E-state index in [9.17, 15) is 9.59 Å². The van der Waals surface area contributed by atoms with E-state index in [1.165, 1.54) is 5.48 Å². The molecule has 0 saturated heterocycles. The molecule has 0 aromatic heterocycles. The monoisotopic (exact) mass is 281 g/mol. The molecule has 0 heterocycles. The van der Waals surface area contributed by atoms with Gasteiger partial charge in [-0.2, -0.15) is 0 Å². The maximum atomic E-state index is 12.0. The largest absolute Gasteiger partial charge is 0.494 e. The zero-order chi connectivity index (χ0) is 15.1. The van der Waals surface area contributed by atoms with Crippen molar-refractivity contribution in [1.29, 1.82) is 0 Å². The highest BCUT2D eigenvalue weighted by Crippen LogP contribution is 2.12. The van der Waals surface area contributed by atoms with Crippen LogP contribution in [0.15, 0.2) is 24.3 Å². The molecule has 7 nitrogen and oxygen atoms in total. The van der Waals surface area contributed by atoms with Gasteiger partial charge in [0.2, 0.25) is 0 Å². The number of carbonyl (C=O) groups excluding carboxylic acids is 2. The highest BCUT2D eigenvalue weighted by molar-refractivity contribution is 5.97. The van der Waals surface area contributed by atoms with Gasteiger partial charge in [-0.1, -0.05) is 0 Å². The SMILES string of the molecule is CCOc1ccc(C(=O)N[C@H](C(=O)NO)[C@@H](C)N)cc1. The lowest BCUT2D eigenvalue weighted by atomic mass is 10.1. The average molecular weight is 281 g/mol. The molecule has 0 radical (unpaired) electrons. The number of hydrogen-bond acceptors (Lipinski definition) is 5. The predicted molar refractivity (Wildman–Crippen MR) is 72.4 cm³/mol. The van der Waals surface area contributed by atoms with Crippen LogP contribution in [0.4, 0.5) is 0 Å². The van der Waals surface area contributed by atoms with Crippen molar-refractivity contribution in [3.63, 3.8) is 0 Å². The lowest BCUT2D eigenvalue weighted by molar-refractivity contribution is -0.131. The van der Waals surface area contributed by atoms with Gasteiger partial charge in [-0.25, -0.2) is 5.48 Å². The number of nitrogens with two attached hydrogens (primary N) is 1. The predicted octanol–water partition coefficient (Wildman–Crippen LogP) is 0.0363. The second-order valence-corrected chi connectivity index (χ2v) is 4.24. The number of carbonyl (C=O) groups is 2. The number of hydroxylamine groups is 1.